The standard InChI is InChI=1S/C23H20N4O3S/c1-13-7-8-15(9-14(13)2)27-21(18-11-31-12-19(18)25-27)24-20(28)10-26-22(29)16-5-3-4-6-17(16)23(26)30/h3-9H,10-12H2,1-2H3,(H,24,28). The van der Waals surface area contributed by atoms with Crippen molar-refractivity contribution in [1.29, 1.82) is 0 Å². The van der Waals surface area contributed by atoms with Crippen molar-refractivity contribution in [2.24, 2.45) is 0 Å². The number of amides is 3. The van der Waals surface area contributed by atoms with Crippen LogP contribution in [0.2, 0.25) is 0 Å². The van der Waals surface area contributed by atoms with Gasteiger partial charge in [0.25, 0.3) is 11.8 Å². The maximum atomic E-state index is 12.9. The molecule has 5 rings (SSSR count). The third-order valence-electron chi connectivity index (χ3n) is 5.72. The van der Waals surface area contributed by atoms with Gasteiger partial charge in [0, 0.05) is 17.1 Å². The van der Waals surface area contributed by atoms with Crippen molar-refractivity contribution in [2.75, 3.05) is 11.9 Å². The van der Waals surface area contributed by atoms with E-state index < -0.39 is 17.7 Å². The van der Waals surface area contributed by atoms with Gasteiger partial charge in [0.15, 0.2) is 0 Å². The minimum Gasteiger partial charge on any atom is -0.309 e. The Balaban J connectivity index is 1.43. The number of fused-ring (bicyclic) bond motifs is 2. The van der Waals surface area contributed by atoms with Crippen LogP contribution < -0.4 is 5.32 Å². The fourth-order valence-electron chi connectivity index (χ4n) is 3.88. The highest BCUT2D eigenvalue weighted by Gasteiger charge is 2.36. The predicted octanol–water partition coefficient (Wildman–Crippen LogP) is 3.47. The molecule has 3 heterocycles. The number of nitrogens with zero attached hydrogens (tertiary/aromatic N) is 3. The average molecular weight is 433 g/mol. The number of hydrogen-bond acceptors (Lipinski definition) is 5. The fourth-order valence-corrected chi connectivity index (χ4v) is 4.92. The Labute approximate surface area is 183 Å². The van der Waals surface area contributed by atoms with Gasteiger partial charge in [-0.25, -0.2) is 4.68 Å². The molecule has 7 nitrogen and oxygen atoms in total. The second kappa shape index (κ2) is 7.39. The zero-order valence-corrected chi connectivity index (χ0v) is 18.0. The van der Waals surface area contributed by atoms with Gasteiger partial charge in [-0.1, -0.05) is 18.2 Å². The number of anilines is 1. The maximum Gasteiger partial charge on any atom is 0.262 e. The van der Waals surface area contributed by atoms with Gasteiger partial charge in [0.05, 0.1) is 22.5 Å². The van der Waals surface area contributed by atoms with Gasteiger partial charge in [-0.3, -0.25) is 19.3 Å². The molecule has 0 radical (unpaired) electrons. The number of carbonyl (C=O) groups is 3. The Morgan fingerprint density at radius 1 is 1.03 bits per heavy atom. The van der Waals surface area contributed by atoms with E-state index in [0.29, 0.717) is 16.9 Å². The zero-order valence-electron chi connectivity index (χ0n) is 17.1. The van der Waals surface area contributed by atoms with Gasteiger partial charge < -0.3 is 5.32 Å². The first-order chi connectivity index (χ1) is 14.9. The van der Waals surface area contributed by atoms with E-state index in [1.54, 1.807) is 40.7 Å². The molecule has 1 aromatic heterocycles. The van der Waals surface area contributed by atoms with Crippen LogP contribution in [0.15, 0.2) is 42.5 Å². The summed E-state index contributed by atoms with van der Waals surface area (Å²) in [4.78, 5) is 39.1. The molecule has 0 spiro atoms. The lowest BCUT2D eigenvalue weighted by molar-refractivity contribution is -0.116. The second-order valence-electron chi connectivity index (χ2n) is 7.74. The van der Waals surface area contributed by atoms with Crippen molar-refractivity contribution in [3.63, 3.8) is 0 Å². The first-order valence-electron chi connectivity index (χ1n) is 9.95. The normalized spacial score (nSPS) is 14.7. The predicted molar refractivity (Wildman–Crippen MR) is 118 cm³/mol. The van der Waals surface area contributed by atoms with Crippen LogP contribution >= 0.6 is 11.8 Å². The topological polar surface area (TPSA) is 84.3 Å². The number of nitrogens with one attached hydrogen (secondary N) is 1. The zero-order chi connectivity index (χ0) is 21.7. The van der Waals surface area contributed by atoms with E-state index in [1.165, 1.54) is 5.56 Å². The molecule has 3 amide bonds. The molecular formula is C23H20N4O3S. The third kappa shape index (κ3) is 3.23. The lowest BCUT2D eigenvalue weighted by Gasteiger charge is -2.15. The summed E-state index contributed by atoms with van der Waals surface area (Å²) in [6, 6.07) is 12.6. The van der Waals surface area contributed by atoms with E-state index in [-0.39, 0.29) is 6.54 Å². The number of aryl methyl sites for hydroxylation is 2. The second-order valence-corrected chi connectivity index (χ2v) is 8.72. The fraction of sp³-hybridized carbons (Fsp3) is 0.217. The highest BCUT2D eigenvalue weighted by atomic mass is 32.2. The maximum absolute atomic E-state index is 12.9. The Morgan fingerprint density at radius 3 is 2.42 bits per heavy atom. The van der Waals surface area contributed by atoms with E-state index in [4.69, 9.17) is 5.10 Å². The van der Waals surface area contributed by atoms with Gasteiger partial charge in [-0.2, -0.15) is 16.9 Å². The summed E-state index contributed by atoms with van der Waals surface area (Å²) in [7, 11) is 0. The summed E-state index contributed by atoms with van der Waals surface area (Å²) in [6.45, 7) is 3.74. The van der Waals surface area contributed by atoms with E-state index in [1.807, 2.05) is 32.0 Å². The van der Waals surface area contributed by atoms with Crippen LogP contribution in [0.5, 0.6) is 0 Å². The molecule has 0 bridgehead atoms. The van der Waals surface area contributed by atoms with Gasteiger partial charge in [-0.15, -0.1) is 0 Å². The highest BCUT2D eigenvalue weighted by molar-refractivity contribution is 7.98. The lowest BCUT2D eigenvalue weighted by Crippen LogP contribution is -2.37. The molecule has 0 unspecified atom stereocenters. The summed E-state index contributed by atoms with van der Waals surface area (Å²) in [5.74, 6) is 0.819. The molecule has 1 N–H and O–H groups in total. The Kier molecular flexibility index (Phi) is 4.66. The van der Waals surface area contributed by atoms with E-state index >= 15 is 0 Å². The molecule has 0 aliphatic carbocycles. The minimum absolute atomic E-state index is 0.331. The molecule has 31 heavy (non-hydrogen) atoms. The smallest absolute Gasteiger partial charge is 0.262 e. The molecular weight excluding hydrogens is 412 g/mol. The van der Waals surface area contributed by atoms with Crippen molar-refractivity contribution in [3.05, 3.63) is 76.0 Å². The first-order valence-corrected chi connectivity index (χ1v) is 11.1. The van der Waals surface area contributed by atoms with Crippen LogP contribution in [0.1, 0.15) is 43.1 Å². The van der Waals surface area contributed by atoms with Crippen molar-refractivity contribution in [2.45, 2.75) is 25.4 Å². The summed E-state index contributed by atoms with van der Waals surface area (Å²) in [6.07, 6.45) is 0. The largest absolute Gasteiger partial charge is 0.309 e. The lowest BCUT2D eigenvalue weighted by atomic mass is 10.1. The number of hydrogen-bond donors (Lipinski definition) is 1. The summed E-state index contributed by atoms with van der Waals surface area (Å²) in [5.41, 5.74) is 5.76. The Bertz CT molecular complexity index is 1230. The SMILES string of the molecule is Cc1ccc(-n2nc3c(c2NC(=O)CN2C(=O)c4ccccc4C2=O)CSC3)cc1C. The third-order valence-corrected chi connectivity index (χ3v) is 6.70. The highest BCUT2D eigenvalue weighted by Crippen LogP contribution is 2.36. The average Bonchev–Trinajstić information content (AvgIpc) is 3.41. The van der Waals surface area contributed by atoms with Gasteiger partial charge >= 0.3 is 0 Å². The number of rotatable bonds is 4. The van der Waals surface area contributed by atoms with Crippen LogP contribution in [-0.2, 0) is 16.3 Å². The van der Waals surface area contributed by atoms with Crippen LogP contribution in [-0.4, -0.2) is 38.9 Å². The molecule has 0 atom stereocenters. The van der Waals surface area contributed by atoms with Crippen LogP contribution in [0.25, 0.3) is 5.69 Å². The quantitative estimate of drug-likeness (QED) is 0.638. The summed E-state index contributed by atoms with van der Waals surface area (Å²) >= 11 is 1.74. The number of aromatic nitrogens is 2. The summed E-state index contributed by atoms with van der Waals surface area (Å²) < 4.78 is 1.75. The molecule has 2 aliphatic rings. The first kappa shape index (κ1) is 19.6. The number of thioether (sulfide) groups is 1. The molecule has 3 aromatic rings. The molecule has 0 saturated carbocycles. The van der Waals surface area contributed by atoms with Crippen LogP contribution in [0, 0.1) is 13.8 Å². The number of imide groups is 1. The van der Waals surface area contributed by atoms with E-state index in [2.05, 4.69) is 5.32 Å². The summed E-state index contributed by atoms with van der Waals surface area (Å²) in [5, 5.41) is 7.63. The Morgan fingerprint density at radius 2 is 1.74 bits per heavy atom. The van der Waals surface area contributed by atoms with Gasteiger partial charge in [0.1, 0.15) is 12.4 Å². The molecule has 2 aromatic carbocycles. The number of carbonyl (C=O) groups excluding carboxylic acids is 3. The minimum atomic E-state index is -0.445. The van der Waals surface area contributed by atoms with Gasteiger partial charge in [0.2, 0.25) is 5.91 Å². The van der Waals surface area contributed by atoms with Gasteiger partial charge in [-0.05, 0) is 49.2 Å². The van der Waals surface area contributed by atoms with Crippen LogP contribution in [0.4, 0.5) is 5.82 Å². The van der Waals surface area contributed by atoms with Crippen molar-refractivity contribution in [3.8, 4) is 5.69 Å². The monoisotopic (exact) mass is 432 g/mol. The molecule has 8 heteroatoms. The van der Waals surface area contributed by atoms with Crippen molar-refractivity contribution in [1.82, 2.24) is 14.7 Å². The van der Waals surface area contributed by atoms with Crippen molar-refractivity contribution >= 4 is 35.3 Å². The molecule has 2 aliphatic heterocycles. The van der Waals surface area contributed by atoms with Crippen molar-refractivity contribution < 1.29 is 14.4 Å². The molecule has 156 valence electrons. The van der Waals surface area contributed by atoms with Crippen LogP contribution in [0.3, 0.4) is 0 Å². The van der Waals surface area contributed by atoms with E-state index in [0.717, 1.165) is 38.9 Å². The Hall–Kier alpha value is -3.39. The van der Waals surface area contributed by atoms with E-state index in [9.17, 15) is 14.4 Å². The number of benzene rings is 2. The molecule has 0 saturated heterocycles. The molecule has 0 fully saturated rings.